The molecule has 150 valence electrons. The Morgan fingerprint density at radius 1 is 1.04 bits per heavy atom. The molecule has 1 N–H and O–H groups in total. The highest BCUT2D eigenvalue weighted by Gasteiger charge is 2.30. The van der Waals surface area contributed by atoms with E-state index in [1.165, 1.54) is 17.7 Å². The number of benzene rings is 2. The number of nitrogens with zero attached hydrogens (tertiary/aromatic N) is 1. The summed E-state index contributed by atoms with van der Waals surface area (Å²) in [6, 6.07) is 15.2. The fraction of sp³-hybridized carbons (Fsp3) is 0.409. The predicted octanol–water partition coefficient (Wildman–Crippen LogP) is 4.99. The monoisotopic (exact) mass is 390 g/mol. The van der Waals surface area contributed by atoms with Crippen molar-refractivity contribution in [3.05, 3.63) is 65.7 Å². The summed E-state index contributed by atoms with van der Waals surface area (Å²) < 4.78 is 38.2. The van der Waals surface area contributed by atoms with Crippen LogP contribution in [0.1, 0.15) is 30.4 Å². The molecule has 1 fully saturated rings. The number of carbonyl (C=O) groups is 1. The number of alkyl halides is 3. The topological polar surface area (TPSA) is 32.3 Å². The molecule has 1 heterocycles. The largest absolute Gasteiger partial charge is 0.416 e. The molecule has 6 heteroatoms. The van der Waals surface area contributed by atoms with Gasteiger partial charge in [-0.05, 0) is 62.0 Å². The molecule has 0 aromatic heterocycles. The van der Waals surface area contributed by atoms with Crippen LogP contribution >= 0.6 is 0 Å². The van der Waals surface area contributed by atoms with E-state index in [2.05, 4.69) is 34.5 Å². The molecule has 0 saturated carbocycles. The Balaban J connectivity index is 1.40. The second-order valence-electron chi connectivity index (χ2n) is 7.35. The van der Waals surface area contributed by atoms with E-state index in [1.807, 2.05) is 6.07 Å². The molecule has 0 radical (unpaired) electrons. The third kappa shape index (κ3) is 6.09. The first-order valence-electron chi connectivity index (χ1n) is 9.63. The zero-order valence-corrected chi connectivity index (χ0v) is 15.7. The van der Waals surface area contributed by atoms with Crippen molar-refractivity contribution in [3.8, 4) is 0 Å². The maximum Gasteiger partial charge on any atom is 0.416 e. The SMILES string of the molecule is O=C(CCN1CCC(Cc2ccccc2)CC1)Nc1cccc(C(F)(F)F)c1. The number of amides is 1. The minimum Gasteiger partial charge on any atom is -0.326 e. The van der Waals surface area contributed by atoms with Gasteiger partial charge in [-0.15, -0.1) is 0 Å². The fourth-order valence-corrected chi connectivity index (χ4v) is 3.62. The van der Waals surface area contributed by atoms with Crippen LogP contribution in [0.15, 0.2) is 54.6 Å². The lowest BCUT2D eigenvalue weighted by atomic mass is 9.90. The highest BCUT2D eigenvalue weighted by Crippen LogP contribution is 2.30. The first-order valence-corrected chi connectivity index (χ1v) is 9.63. The number of nitrogens with one attached hydrogen (secondary N) is 1. The number of likely N-dealkylation sites (tertiary alicyclic amines) is 1. The van der Waals surface area contributed by atoms with Crippen molar-refractivity contribution in [1.82, 2.24) is 4.90 Å². The summed E-state index contributed by atoms with van der Waals surface area (Å²) in [5.41, 5.74) is 0.786. The highest BCUT2D eigenvalue weighted by molar-refractivity contribution is 5.90. The maximum atomic E-state index is 12.7. The molecule has 1 aliphatic rings. The average Bonchev–Trinajstić information content (AvgIpc) is 2.68. The van der Waals surface area contributed by atoms with Crippen molar-refractivity contribution in [2.45, 2.75) is 31.9 Å². The van der Waals surface area contributed by atoms with Crippen LogP contribution < -0.4 is 5.32 Å². The molecular formula is C22H25F3N2O. The van der Waals surface area contributed by atoms with E-state index in [-0.39, 0.29) is 18.0 Å². The Bertz CT molecular complexity index is 769. The van der Waals surface area contributed by atoms with Gasteiger partial charge in [-0.3, -0.25) is 4.79 Å². The van der Waals surface area contributed by atoms with Gasteiger partial charge >= 0.3 is 6.18 Å². The van der Waals surface area contributed by atoms with Crippen LogP contribution in [0.4, 0.5) is 18.9 Å². The van der Waals surface area contributed by atoms with Gasteiger partial charge in [0.05, 0.1) is 5.56 Å². The van der Waals surface area contributed by atoms with Crippen molar-refractivity contribution in [2.75, 3.05) is 25.0 Å². The molecule has 2 aromatic rings. The third-order valence-corrected chi connectivity index (χ3v) is 5.20. The molecule has 0 bridgehead atoms. The summed E-state index contributed by atoms with van der Waals surface area (Å²) in [5, 5.41) is 2.57. The Morgan fingerprint density at radius 2 is 1.75 bits per heavy atom. The Labute approximate surface area is 163 Å². The minimum absolute atomic E-state index is 0.182. The van der Waals surface area contributed by atoms with E-state index >= 15 is 0 Å². The van der Waals surface area contributed by atoms with Crippen molar-refractivity contribution in [1.29, 1.82) is 0 Å². The Morgan fingerprint density at radius 3 is 2.43 bits per heavy atom. The summed E-state index contributed by atoms with van der Waals surface area (Å²) in [6.45, 7) is 2.53. The van der Waals surface area contributed by atoms with Crippen LogP contribution in [0.3, 0.4) is 0 Å². The molecule has 3 nitrogen and oxygen atoms in total. The van der Waals surface area contributed by atoms with E-state index in [0.29, 0.717) is 12.5 Å². The second-order valence-corrected chi connectivity index (χ2v) is 7.35. The number of piperidine rings is 1. The zero-order valence-electron chi connectivity index (χ0n) is 15.7. The van der Waals surface area contributed by atoms with Gasteiger partial charge in [0, 0.05) is 18.7 Å². The van der Waals surface area contributed by atoms with Crippen LogP contribution in [0.2, 0.25) is 0 Å². The molecule has 1 saturated heterocycles. The quantitative estimate of drug-likeness (QED) is 0.754. The van der Waals surface area contributed by atoms with Crippen molar-refractivity contribution >= 4 is 11.6 Å². The van der Waals surface area contributed by atoms with Crippen molar-refractivity contribution in [3.63, 3.8) is 0 Å². The lowest BCUT2D eigenvalue weighted by Crippen LogP contribution is -2.36. The second kappa shape index (κ2) is 9.24. The van der Waals surface area contributed by atoms with Crippen LogP contribution in [-0.4, -0.2) is 30.4 Å². The Hall–Kier alpha value is -2.34. The van der Waals surface area contributed by atoms with Crippen LogP contribution in [-0.2, 0) is 17.4 Å². The Kier molecular flexibility index (Phi) is 6.73. The van der Waals surface area contributed by atoms with Crippen molar-refractivity contribution in [2.24, 2.45) is 5.92 Å². The highest BCUT2D eigenvalue weighted by atomic mass is 19.4. The fourth-order valence-electron chi connectivity index (χ4n) is 3.62. The molecule has 0 unspecified atom stereocenters. The number of hydrogen-bond donors (Lipinski definition) is 1. The zero-order chi connectivity index (χ0) is 20.0. The average molecular weight is 390 g/mol. The van der Waals surface area contributed by atoms with Crippen LogP contribution in [0.5, 0.6) is 0 Å². The number of carbonyl (C=O) groups excluding carboxylic acids is 1. The third-order valence-electron chi connectivity index (χ3n) is 5.20. The predicted molar refractivity (Wildman–Crippen MR) is 104 cm³/mol. The molecule has 0 atom stereocenters. The molecule has 1 amide bonds. The molecule has 28 heavy (non-hydrogen) atoms. The minimum atomic E-state index is -4.41. The van der Waals surface area contributed by atoms with Gasteiger partial charge in [-0.25, -0.2) is 0 Å². The van der Waals surface area contributed by atoms with Gasteiger partial charge in [0.1, 0.15) is 0 Å². The summed E-state index contributed by atoms with van der Waals surface area (Å²) >= 11 is 0. The smallest absolute Gasteiger partial charge is 0.326 e. The van der Waals surface area contributed by atoms with Gasteiger partial charge in [0.25, 0.3) is 0 Å². The first kappa shape index (κ1) is 20.4. The van der Waals surface area contributed by atoms with Gasteiger partial charge in [0.2, 0.25) is 5.91 Å². The number of anilines is 1. The van der Waals surface area contributed by atoms with Crippen LogP contribution in [0.25, 0.3) is 0 Å². The normalized spacial score (nSPS) is 16.1. The van der Waals surface area contributed by atoms with E-state index in [4.69, 9.17) is 0 Å². The van der Waals surface area contributed by atoms with E-state index < -0.39 is 11.7 Å². The number of rotatable bonds is 6. The standard InChI is InChI=1S/C22H25F3N2O/c23-22(24,25)19-7-4-8-20(16-19)26-21(28)11-14-27-12-9-18(10-13-27)15-17-5-2-1-3-6-17/h1-8,16,18H,9-15H2,(H,26,28). The van der Waals surface area contributed by atoms with Crippen molar-refractivity contribution < 1.29 is 18.0 Å². The number of halogens is 3. The summed E-state index contributed by atoms with van der Waals surface area (Å²) in [5.74, 6) is 0.406. The first-order chi connectivity index (χ1) is 13.4. The van der Waals surface area contributed by atoms with Gasteiger partial charge in [-0.2, -0.15) is 13.2 Å². The van der Waals surface area contributed by atoms with Gasteiger partial charge < -0.3 is 10.2 Å². The maximum absolute atomic E-state index is 12.7. The van der Waals surface area contributed by atoms with Gasteiger partial charge in [0.15, 0.2) is 0 Å². The van der Waals surface area contributed by atoms with E-state index in [1.54, 1.807) is 0 Å². The van der Waals surface area contributed by atoms with Gasteiger partial charge in [-0.1, -0.05) is 36.4 Å². The molecular weight excluding hydrogens is 365 g/mol. The molecule has 0 spiro atoms. The summed E-state index contributed by atoms with van der Waals surface area (Å²) in [7, 11) is 0. The molecule has 2 aromatic carbocycles. The summed E-state index contributed by atoms with van der Waals surface area (Å²) in [4.78, 5) is 14.4. The lowest BCUT2D eigenvalue weighted by Gasteiger charge is -2.31. The lowest BCUT2D eigenvalue weighted by molar-refractivity contribution is -0.137. The molecule has 1 aliphatic heterocycles. The summed E-state index contributed by atoms with van der Waals surface area (Å²) in [6.07, 6.45) is -0.844. The molecule has 0 aliphatic carbocycles. The number of hydrogen-bond acceptors (Lipinski definition) is 2. The molecule has 3 rings (SSSR count). The van der Waals surface area contributed by atoms with E-state index in [0.717, 1.165) is 44.5 Å². The van der Waals surface area contributed by atoms with E-state index in [9.17, 15) is 18.0 Å². The van der Waals surface area contributed by atoms with Crippen LogP contribution in [0, 0.1) is 5.92 Å².